The van der Waals surface area contributed by atoms with Gasteiger partial charge in [-0.05, 0) is 36.1 Å². The third-order valence-electron chi connectivity index (χ3n) is 2.52. The van der Waals surface area contributed by atoms with Crippen molar-refractivity contribution in [3.8, 4) is 5.75 Å². The highest BCUT2D eigenvalue weighted by atomic mass is 35.5. The highest BCUT2D eigenvalue weighted by Gasteiger charge is 2.17. The van der Waals surface area contributed by atoms with Gasteiger partial charge in [0.2, 0.25) is 5.78 Å². The lowest BCUT2D eigenvalue weighted by molar-refractivity contribution is 0.104. The molecule has 0 radical (unpaired) electrons. The summed E-state index contributed by atoms with van der Waals surface area (Å²) in [6.07, 6.45) is 0. The molecule has 0 unspecified atom stereocenters. The van der Waals surface area contributed by atoms with Gasteiger partial charge in [-0.1, -0.05) is 23.2 Å². The standard InChI is InChI=1S/C13H10Cl2O2S/c1-7-6-18-13(11(7)15)12(16)8-3-4-9(14)10(5-8)17-2/h3-6H,1-2H3. The van der Waals surface area contributed by atoms with Gasteiger partial charge in [-0.3, -0.25) is 4.79 Å². The Morgan fingerprint density at radius 3 is 2.61 bits per heavy atom. The van der Waals surface area contributed by atoms with Crippen LogP contribution in [0.3, 0.4) is 0 Å². The molecule has 2 nitrogen and oxygen atoms in total. The molecule has 94 valence electrons. The van der Waals surface area contributed by atoms with Crippen molar-refractivity contribution in [3.63, 3.8) is 0 Å². The van der Waals surface area contributed by atoms with Crippen molar-refractivity contribution in [1.29, 1.82) is 0 Å². The molecule has 0 N–H and O–H groups in total. The number of carbonyl (C=O) groups is 1. The van der Waals surface area contributed by atoms with Crippen LogP contribution in [0.15, 0.2) is 23.6 Å². The number of methoxy groups -OCH3 is 1. The minimum atomic E-state index is -0.118. The summed E-state index contributed by atoms with van der Waals surface area (Å²) in [5, 5.41) is 2.85. The number of aryl methyl sites for hydroxylation is 1. The van der Waals surface area contributed by atoms with Gasteiger partial charge in [0.05, 0.1) is 22.0 Å². The van der Waals surface area contributed by atoms with Crippen LogP contribution in [0.25, 0.3) is 0 Å². The summed E-state index contributed by atoms with van der Waals surface area (Å²) in [5.74, 6) is 0.361. The summed E-state index contributed by atoms with van der Waals surface area (Å²) in [6.45, 7) is 1.87. The van der Waals surface area contributed by atoms with Crippen molar-refractivity contribution >= 4 is 40.3 Å². The smallest absolute Gasteiger partial charge is 0.204 e. The number of ether oxygens (including phenoxy) is 1. The second-order valence-corrected chi connectivity index (χ2v) is 5.41. The van der Waals surface area contributed by atoms with Gasteiger partial charge in [-0.25, -0.2) is 0 Å². The third-order valence-corrected chi connectivity index (χ3v) is 4.53. The van der Waals surface area contributed by atoms with Crippen molar-refractivity contribution < 1.29 is 9.53 Å². The Kier molecular flexibility index (Phi) is 3.95. The Hall–Kier alpha value is -1.03. The molecule has 18 heavy (non-hydrogen) atoms. The molecular formula is C13H10Cl2O2S. The lowest BCUT2D eigenvalue weighted by atomic mass is 10.1. The van der Waals surface area contributed by atoms with Crippen LogP contribution >= 0.6 is 34.5 Å². The van der Waals surface area contributed by atoms with Gasteiger partial charge in [0.25, 0.3) is 0 Å². The Morgan fingerprint density at radius 2 is 2.06 bits per heavy atom. The molecular weight excluding hydrogens is 291 g/mol. The molecule has 0 amide bonds. The van der Waals surface area contributed by atoms with Gasteiger partial charge < -0.3 is 4.74 Å². The molecule has 0 fully saturated rings. The van der Waals surface area contributed by atoms with Gasteiger partial charge >= 0.3 is 0 Å². The van der Waals surface area contributed by atoms with E-state index in [-0.39, 0.29) is 5.78 Å². The van der Waals surface area contributed by atoms with Crippen molar-refractivity contribution in [3.05, 3.63) is 49.6 Å². The number of thiophene rings is 1. The van der Waals surface area contributed by atoms with Crippen LogP contribution in [0.5, 0.6) is 5.75 Å². The molecule has 1 aromatic carbocycles. The van der Waals surface area contributed by atoms with Gasteiger partial charge in [-0.2, -0.15) is 0 Å². The van der Waals surface area contributed by atoms with Crippen LogP contribution in [0.2, 0.25) is 10.0 Å². The first-order valence-corrected chi connectivity index (χ1v) is 6.80. The summed E-state index contributed by atoms with van der Waals surface area (Å²) < 4.78 is 5.09. The number of carbonyl (C=O) groups excluding carboxylic acids is 1. The fourth-order valence-electron chi connectivity index (χ4n) is 1.52. The van der Waals surface area contributed by atoms with Crippen molar-refractivity contribution in [1.82, 2.24) is 0 Å². The van der Waals surface area contributed by atoms with E-state index in [4.69, 9.17) is 27.9 Å². The average Bonchev–Trinajstić information content (AvgIpc) is 2.70. The first kappa shape index (κ1) is 13.4. The Balaban J connectivity index is 2.43. The molecule has 0 aliphatic carbocycles. The minimum absolute atomic E-state index is 0.118. The maximum Gasteiger partial charge on any atom is 0.204 e. The van der Waals surface area contributed by atoms with Crippen LogP contribution in [0.1, 0.15) is 20.8 Å². The maximum absolute atomic E-state index is 12.3. The molecule has 0 aliphatic rings. The van der Waals surface area contributed by atoms with Crippen LogP contribution in [0.4, 0.5) is 0 Å². The second kappa shape index (κ2) is 5.31. The number of hydrogen-bond acceptors (Lipinski definition) is 3. The van der Waals surface area contributed by atoms with E-state index in [0.717, 1.165) is 5.56 Å². The third kappa shape index (κ3) is 2.39. The van der Waals surface area contributed by atoms with Crippen molar-refractivity contribution in [2.24, 2.45) is 0 Å². The van der Waals surface area contributed by atoms with Crippen LogP contribution in [0, 0.1) is 6.92 Å². The summed E-state index contributed by atoms with van der Waals surface area (Å²) in [5.41, 5.74) is 1.42. The molecule has 2 aromatic rings. The number of hydrogen-bond donors (Lipinski definition) is 0. The molecule has 0 atom stereocenters. The van der Waals surface area contributed by atoms with E-state index in [1.165, 1.54) is 18.4 Å². The Bertz CT molecular complexity index is 605. The highest BCUT2D eigenvalue weighted by molar-refractivity contribution is 7.13. The monoisotopic (exact) mass is 300 g/mol. The molecule has 0 bridgehead atoms. The molecule has 5 heteroatoms. The van der Waals surface area contributed by atoms with Gasteiger partial charge in [0.1, 0.15) is 5.75 Å². The first-order valence-electron chi connectivity index (χ1n) is 5.16. The minimum Gasteiger partial charge on any atom is -0.495 e. The SMILES string of the molecule is COc1cc(C(=O)c2scc(C)c2Cl)ccc1Cl. The zero-order chi connectivity index (χ0) is 13.3. The van der Waals surface area contributed by atoms with Gasteiger partial charge in [0.15, 0.2) is 0 Å². The zero-order valence-corrected chi connectivity index (χ0v) is 12.1. The largest absolute Gasteiger partial charge is 0.495 e. The van der Waals surface area contributed by atoms with E-state index in [2.05, 4.69) is 0 Å². The normalized spacial score (nSPS) is 10.4. The number of rotatable bonds is 3. The Labute approximate surface area is 119 Å². The quantitative estimate of drug-likeness (QED) is 0.774. The summed E-state index contributed by atoms with van der Waals surface area (Å²) >= 11 is 13.4. The summed E-state index contributed by atoms with van der Waals surface area (Å²) in [6, 6.07) is 4.93. The van der Waals surface area contributed by atoms with Crippen LogP contribution in [-0.2, 0) is 0 Å². The fraction of sp³-hybridized carbons (Fsp3) is 0.154. The predicted octanol–water partition coefficient (Wildman–Crippen LogP) is 4.60. The topological polar surface area (TPSA) is 26.3 Å². The number of benzene rings is 1. The fourth-order valence-corrected chi connectivity index (χ4v) is 2.95. The predicted molar refractivity (Wildman–Crippen MR) is 75.5 cm³/mol. The van der Waals surface area contributed by atoms with Gasteiger partial charge in [-0.15, -0.1) is 11.3 Å². The van der Waals surface area contributed by atoms with E-state index < -0.39 is 0 Å². The van der Waals surface area contributed by atoms with E-state index in [9.17, 15) is 4.79 Å². The first-order chi connectivity index (χ1) is 8.54. The lowest BCUT2D eigenvalue weighted by Gasteiger charge is -2.05. The van der Waals surface area contributed by atoms with E-state index in [1.54, 1.807) is 18.2 Å². The highest BCUT2D eigenvalue weighted by Crippen LogP contribution is 2.31. The number of halogens is 2. The summed E-state index contributed by atoms with van der Waals surface area (Å²) in [7, 11) is 1.51. The molecule has 0 spiro atoms. The van der Waals surface area contributed by atoms with Crippen LogP contribution in [-0.4, -0.2) is 12.9 Å². The second-order valence-electron chi connectivity index (χ2n) is 3.74. The lowest BCUT2D eigenvalue weighted by Crippen LogP contribution is -2.00. The molecule has 0 aliphatic heterocycles. The molecule has 2 rings (SSSR count). The molecule has 0 saturated carbocycles. The van der Waals surface area contributed by atoms with Crippen molar-refractivity contribution in [2.45, 2.75) is 6.92 Å². The van der Waals surface area contributed by atoms with E-state index in [0.29, 0.717) is 26.2 Å². The van der Waals surface area contributed by atoms with E-state index in [1.807, 2.05) is 12.3 Å². The molecule has 1 heterocycles. The summed E-state index contributed by atoms with van der Waals surface area (Å²) in [4.78, 5) is 12.8. The Morgan fingerprint density at radius 1 is 1.33 bits per heavy atom. The van der Waals surface area contributed by atoms with Crippen LogP contribution < -0.4 is 4.74 Å². The maximum atomic E-state index is 12.3. The molecule has 0 saturated heterocycles. The zero-order valence-electron chi connectivity index (χ0n) is 9.79. The van der Waals surface area contributed by atoms with Crippen molar-refractivity contribution in [2.75, 3.05) is 7.11 Å². The van der Waals surface area contributed by atoms with Gasteiger partial charge in [0, 0.05) is 5.56 Å². The molecule has 1 aromatic heterocycles. The average molecular weight is 301 g/mol. The number of ketones is 1. The van der Waals surface area contributed by atoms with E-state index >= 15 is 0 Å².